The number of sulfonamides is 1. The van der Waals surface area contributed by atoms with Gasteiger partial charge in [0.15, 0.2) is 0 Å². The molecule has 1 atom stereocenters. The molecule has 1 aliphatic rings. The first-order chi connectivity index (χ1) is 11.3. The number of carbonyl (C=O) groups is 1. The molecule has 1 aliphatic heterocycles. The van der Waals surface area contributed by atoms with Gasteiger partial charge in [-0.1, -0.05) is 13.0 Å². The number of hydrogen-bond donors (Lipinski definition) is 2. The lowest BCUT2D eigenvalue weighted by molar-refractivity contribution is 0.0680. The van der Waals surface area contributed by atoms with Gasteiger partial charge in [0.05, 0.1) is 4.90 Å². The van der Waals surface area contributed by atoms with E-state index < -0.39 is 10.0 Å². The number of amides is 1. The average molecular weight is 353 g/mol. The number of hydrogen-bond acceptors (Lipinski definition) is 4. The van der Waals surface area contributed by atoms with E-state index in [0.29, 0.717) is 31.1 Å². The highest BCUT2D eigenvalue weighted by Crippen LogP contribution is 2.23. The topological polar surface area (TPSA) is 92.5 Å². The average Bonchev–Trinajstić information content (AvgIpc) is 2.54. The van der Waals surface area contributed by atoms with Crippen molar-refractivity contribution in [3.8, 4) is 0 Å². The third kappa shape index (κ3) is 4.15. The molecular formula is C17H27N3O3S. The molecule has 7 heteroatoms. The van der Waals surface area contributed by atoms with E-state index in [1.165, 1.54) is 12.1 Å². The zero-order chi connectivity index (χ0) is 17.9. The van der Waals surface area contributed by atoms with E-state index in [1.807, 2.05) is 13.8 Å². The van der Waals surface area contributed by atoms with Crippen LogP contribution in [-0.4, -0.2) is 44.9 Å². The van der Waals surface area contributed by atoms with Gasteiger partial charge < -0.3 is 10.6 Å². The summed E-state index contributed by atoms with van der Waals surface area (Å²) in [6.07, 6.45) is 1.77. The number of likely N-dealkylation sites (tertiary alicyclic amines) is 1. The first-order valence-electron chi connectivity index (χ1n) is 8.41. The van der Waals surface area contributed by atoms with Crippen molar-refractivity contribution in [3.05, 3.63) is 29.3 Å². The molecule has 6 nitrogen and oxygen atoms in total. The van der Waals surface area contributed by atoms with Crippen molar-refractivity contribution >= 4 is 15.9 Å². The molecule has 3 N–H and O–H groups in total. The minimum atomic E-state index is -3.57. The van der Waals surface area contributed by atoms with Crippen molar-refractivity contribution in [2.24, 2.45) is 11.7 Å². The monoisotopic (exact) mass is 353 g/mol. The summed E-state index contributed by atoms with van der Waals surface area (Å²) in [5, 5.41) is 0. The number of nitrogens with one attached hydrogen (secondary N) is 1. The summed E-state index contributed by atoms with van der Waals surface area (Å²) in [4.78, 5) is 14.7. The van der Waals surface area contributed by atoms with Crippen LogP contribution < -0.4 is 10.5 Å². The number of aryl methyl sites for hydroxylation is 1. The van der Waals surface area contributed by atoms with Crippen LogP contribution in [0.4, 0.5) is 0 Å². The molecule has 1 amide bonds. The molecule has 0 aromatic heterocycles. The largest absolute Gasteiger partial charge is 0.339 e. The minimum Gasteiger partial charge on any atom is -0.339 e. The summed E-state index contributed by atoms with van der Waals surface area (Å²) in [7, 11) is -3.57. The van der Waals surface area contributed by atoms with E-state index in [2.05, 4.69) is 4.72 Å². The Morgan fingerprint density at radius 1 is 1.38 bits per heavy atom. The van der Waals surface area contributed by atoms with Gasteiger partial charge in [-0.25, -0.2) is 13.1 Å². The van der Waals surface area contributed by atoms with Crippen molar-refractivity contribution in [2.45, 2.75) is 44.6 Å². The Balaban J connectivity index is 2.21. The van der Waals surface area contributed by atoms with Gasteiger partial charge in [0, 0.05) is 31.2 Å². The van der Waals surface area contributed by atoms with Gasteiger partial charge in [-0.05, 0) is 50.3 Å². The Morgan fingerprint density at radius 2 is 2.00 bits per heavy atom. The first kappa shape index (κ1) is 18.9. The second-order valence-corrected chi connectivity index (χ2v) is 8.23. The first-order valence-corrected chi connectivity index (χ1v) is 9.89. The molecule has 0 saturated carbocycles. The third-order valence-corrected chi connectivity index (χ3v) is 6.20. The second kappa shape index (κ2) is 7.63. The highest BCUT2D eigenvalue weighted by Gasteiger charge is 2.27. The van der Waals surface area contributed by atoms with Gasteiger partial charge in [0.25, 0.3) is 5.91 Å². The van der Waals surface area contributed by atoms with Crippen LogP contribution in [0.2, 0.25) is 0 Å². The number of piperidine rings is 1. The Morgan fingerprint density at radius 3 is 2.54 bits per heavy atom. The van der Waals surface area contributed by atoms with Crippen LogP contribution in [-0.2, 0) is 10.0 Å². The molecule has 1 unspecified atom stereocenters. The fourth-order valence-corrected chi connectivity index (χ4v) is 4.14. The maximum Gasteiger partial charge on any atom is 0.254 e. The molecule has 1 aromatic rings. The summed E-state index contributed by atoms with van der Waals surface area (Å²) in [5.41, 5.74) is 7.18. The summed E-state index contributed by atoms with van der Waals surface area (Å²) in [6.45, 7) is 7.18. The van der Waals surface area contributed by atoms with Crippen molar-refractivity contribution in [1.29, 1.82) is 0 Å². The smallest absolute Gasteiger partial charge is 0.254 e. The van der Waals surface area contributed by atoms with Crippen LogP contribution in [0.15, 0.2) is 23.1 Å². The van der Waals surface area contributed by atoms with Crippen LogP contribution in [0.1, 0.15) is 42.6 Å². The number of nitrogens with zero attached hydrogens (tertiary/aromatic N) is 1. The molecule has 24 heavy (non-hydrogen) atoms. The third-order valence-electron chi connectivity index (χ3n) is 4.65. The van der Waals surface area contributed by atoms with Crippen LogP contribution in [0, 0.1) is 12.8 Å². The van der Waals surface area contributed by atoms with E-state index in [9.17, 15) is 13.2 Å². The fraction of sp³-hybridized carbons (Fsp3) is 0.588. The van der Waals surface area contributed by atoms with E-state index in [4.69, 9.17) is 5.73 Å². The molecular weight excluding hydrogens is 326 g/mol. The standard InChI is InChI=1S/C17H27N3O3S/c1-4-19-24(22,23)15-6-5-12(2)16(11-15)17(21)20-9-7-14(8-10-20)13(3)18/h5-6,11,13-14,19H,4,7-10,18H2,1-3H3. The molecule has 2 rings (SSSR count). The van der Waals surface area contributed by atoms with E-state index in [-0.39, 0.29) is 16.8 Å². The highest BCUT2D eigenvalue weighted by atomic mass is 32.2. The Labute approximate surface area is 144 Å². The lowest BCUT2D eigenvalue weighted by Crippen LogP contribution is -2.42. The quantitative estimate of drug-likeness (QED) is 0.839. The number of nitrogens with two attached hydrogens (primary N) is 1. The van der Waals surface area contributed by atoms with Gasteiger partial charge in [0.2, 0.25) is 10.0 Å². The highest BCUT2D eigenvalue weighted by molar-refractivity contribution is 7.89. The molecule has 0 bridgehead atoms. The molecule has 1 fully saturated rings. The normalized spacial score (nSPS) is 17.8. The maximum absolute atomic E-state index is 12.8. The van der Waals surface area contributed by atoms with Crippen LogP contribution >= 0.6 is 0 Å². The van der Waals surface area contributed by atoms with Crippen LogP contribution in [0.25, 0.3) is 0 Å². The predicted molar refractivity (Wildman–Crippen MR) is 94.3 cm³/mol. The SMILES string of the molecule is CCNS(=O)(=O)c1ccc(C)c(C(=O)N2CCC(C(C)N)CC2)c1. The second-order valence-electron chi connectivity index (χ2n) is 6.47. The van der Waals surface area contributed by atoms with Crippen LogP contribution in [0.3, 0.4) is 0 Å². The van der Waals surface area contributed by atoms with E-state index in [0.717, 1.165) is 18.4 Å². The predicted octanol–water partition coefficient (Wildman–Crippen LogP) is 1.49. The van der Waals surface area contributed by atoms with Gasteiger partial charge in [-0.3, -0.25) is 4.79 Å². The van der Waals surface area contributed by atoms with Crippen molar-refractivity contribution < 1.29 is 13.2 Å². The number of carbonyl (C=O) groups excluding carboxylic acids is 1. The van der Waals surface area contributed by atoms with Gasteiger partial charge in [0.1, 0.15) is 0 Å². The summed E-state index contributed by atoms with van der Waals surface area (Å²) in [6, 6.07) is 4.84. The van der Waals surface area contributed by atoms with Crippen molar-refractivity contribution in [2.75, 3.05) is 19.6 Å². The Hall–Kier alpha value is -1.44. The Bertz CT molecular complexity index is 693. The molecule has 1 saturated heterocycles. The Kier molecular flexibility index (Phi) is 6.01. The molecule has 134 valence electrons. The molecule has 0 radical (unpaired) electrons. The van der Waals surface area contributed by atoms with Gasteiger partial charge in [-0.2, -0.15) is 0 Å². The van der Waals surface area contributed by atoms with E-state index in [1.54, 1.807) is 17.9 Å². The number of rotatable bonds is 5. The molecule has 0 aliphatic carbocycles. The van der Waals surface area contributed by atoms with Crippen molar-refractivity contribution in [1.82, 2.24) is 9.62 Å². The summed E-state index contributed by atoms with van der Waals surface area (Å²) in [5.74, 6) is 0.333. The number of benzene rings is 1. The zero-order valence-corrected chi connectivity index (χ0v) is 15.4. The van der Waals surface area contributed by atoms with E-state index >= 15 is 0 Å². The summed E-state index contributed by atoms with van der Waals surface area (Å²) >= 11 is 0. The van der Waals surface area contributed by atoms with Crippen molar-refractivity contribution in [3.63, 3.8) is 0 Å². The molecule has 0 spiro atoms. The molecule has 1 heterocycles. The zero-order valence-electron chi connectivity index (χ0n) is 14.6. The lowest BCUT2D eigenvalue weighted by Gasteiger charge is -2.34. The summed E-state index contributed by atoms with van der Waals surface area (Å²) < 4.78 is 26.8. The van der Waals surface area contributed by atoms with Gasteiger partial charge in [-0.15, -0.1) is 0 Å². The van der Waals surface area contributed by atoms with Crippen LogP contribution in [0.5, 0.6) is 0 Å². The minimum absolute atomic E-state index is 0.107. The fourth-order valence-electron chi connectivity index (χ4n) is 3.07. The lowest BCUT2D eigenvalue weighted by atomic mass is 9.90. The molecule has 1 aromatic carbocycles. The van der Waals surface area contributed by atoms with Gasteiger partial charge >= 0.3 is 0 Å². The maximum atomic E-state index is 12.8.